The second-order valence-corrected chi connectivity index (χ2v) is 6.37. The van der Waals surface area contributed by atoms with E-state index in [2.05, 4.69) is 12.2 Å². The predicted octanol–water partition coefficient (Wildman–Crippen LogP) is 3.13. The Hall–Kier alpha value is -1.35. The lowest BCUT2D eigenvalue weighted by Crippen LogP contribution is -2.28. The van der Waals surface area contributed by atoms with Crippen molar-refractivity contribution in [1.29, 1.82) is 0 Å². The van der Waals surface area contributed by atoms with Crippen molar-refractivity contribution in [3.8, 4) is 0 Å². The molecule has 3 nitrogen and oxygen atoms in total. The molecule has 0 unspecified atom stereocenters. The highest BCUT2D eigenvalue weighted by atomic mass is 16.1. The summed E-state index contributed by atoms with van der Waals surface area (Å²) >= 11 is 0. The van der Waals surface area contributed by atoms with E-state index < -0.39 is 0 Å². The molecule has 0 heterocycles. The Balaban J connectivity index is 1.79. The Labute approximate surface area is 128 Å². The van der Waals surface area contributed by atoms with Crippen LogP contribution in [0.25, 0.3) is 0 Å². The highest BCUT2D eigenvalue weighted by Crippen LogP contribution is 2.29. The van der Waals surface area contributed by atoms with Gasteiger partial charge in [-0.2, -0.15) is 0 Å². The van der Waals surface area contributed by atoms with Crippen LogP contribution in [0.4, 0.5) is 0 Å². The van der Waals surface area contributed by atoms with Gasteiger partial charge in [0.2, 0.25) is 0 Å². The summed E-state index contributed by atoms with van der Waals surface area (Å²) in [6, 6.07) is 7.76. The highest BCUT2D eigenvalue weighted by molar-refractivity contribution is 5.95. The summed E-state index contributed by atoms with van der Waals surface area (Å²) in [6.07, 6.45) is 7.19. The van der Waals surface area contributed by atoms with E-state index in [1.807, 2.05) is 24.3 Å². The molecule has 1 aromatic rings. The minimum absolute atomic E-state index is 0.0447. The van der Waals surface area contributed by atoms with Crippen LogP contribution in [0.2, 0.25) is 0 Å². The van der Waals surface area contributed by atoms with E-state index in [-0.39, 0.29) is 5.91 Å². The van der Waals surface area contributed by atoms with E-state index in [9.17, 15) is 4.79 Å². The first-order chi connectivity index (χ1) is 10.2. The van der Waals surface area contributed by atoms with Gasteiger partial charge in [0, 0.05) is 12.1 Å². The van der Waals surface area contributed by atoms with Crippen molar-refractivity contribution in [2.75, 3.05) is 13.1 Å². The van der Waals surface area contributed by atoms with Crippen LogP contribution in [0.15, 0.2) is 24.3 Å². The smallest absolute Gasteiger partial charge is 0.251 e. The minimum Gasteiger partial charge on any atom is -0.352 e. The van der Waals surface area contributed by atoms with Crippen molar-refractivity contribution >= 4 is 5.91 Å². The van der Waals surface area contributed by atoms with Gasteiger partial charge in [-0.05, 0) is 42.9 Å². The van der Waals surface area contributed by atoms with Crippen molar-refractivity contribution in [3.63, 3.8) is 0 Å². The van der Waals surface area contributed by atoms with Gasteiger partial charge >= 0.3 is 0 Å². The Bertz CT molecular complexity index is 450. The van der Waals surface area contributed by atoms with Crippen molar-refractivity contribution in [3.05, 3.63) is 35.4 Å². The van der Waals surface area contributed by atoms with Crippen LogP contribution in [-0.2, 0) is 6.42 Å². The molecule has 0 saturated heterocycles. The molecule has 1 saturated carbocycles. The summed E-state index contributed by atoms with van der Waals surface area (Å²) in [4.78, 5) is 12.3. The first-order valence-electron chi connectivity index (χ1n) is 8.27. The van der Waals surface area contributed by atoms with E-state index in [0.717, 1.165) is 42.3 Å². The summed E-state index contributed by atoms with van der Waals surface area (Å²) in [5.74, 6) is 1.72. The van der Waals surface area contributed by atoms with E-state index in [4.69, 9.17) is 5.73 Å². The van der Waals surface area contributed by atoms with Gasteiger partial charge in [-0.25, -0.2) is 0 Å². The first kappa shape index (κ1) is 16.0. The zero-order valence-electron chi connectivity index (χ0n) is 13.1. The lowest BCUT2D eigenvalue weighted by atomic mass is 9.81. The monoisotopic (exact) mass is 288 g/mol. The third-order valence-electron chi connectivity index (χ3n) is 4.65. The Morgan fingerprint density at radius 2 is 1.95 bits per heavy atom. The van der Waals surface area contributed by atoms with Gasteiger partial charge < -0.3 is 11.1 Å². The molecule has 1 aromatic carbocycles. The van der Waals surface area contributed by atoms with E-state index >= 15 is 0 Å². The lowest BCUT2D eigenvalue weighted by molar-refractivity contribution is 0.0949. The average molecular weight is 288 g/mol. The van der Waals surface area contributed by atoms with Crippen molar-refractivity contribution < 1.29 is 4.79 Å². The maximum absolute atomic E-state index is 12.3. The quantitative estimate of drug-likeness (QED) is 0.845. The molecule has 0 aliphatic heterocycles. The third-order valence-corrected chi connectivity index (χ3v) is 4.65. The maximum Gasteiger partial charge on any atom is 0.251 e. The van der Waals surface area contributed by atoms with Crippen molar-refractivity contribution in [2.45, 2.75) is 45.4 Å². The minimum atomic E-state index is 0.0447. The molecule has 1 aliphatic rings. The number of carbonyl (C=O) groups is 1. The van der Waals surface area contributed by atoms with E-state index in [0.29, 0.717) is 6.54 Å². The van der Waals surface area contributed by atoms with Crippen LogP contribution >= 0.6 is 0 Å². The third kappa shape index (κ3) is 4.85. The van der Waals surface area contributed by atoms with E-state index in [1.54, 1.807) is 0 Å². The van der Waals surface area contributed by atoms with Gasteiger partial charge in [0.15, 0.2) is 0 Å². The molecule has 2 rings (SSSR count). The predicted molar refractivity (Wildman–Crippen MR) is 87.3 cm³/mol. The van der Waals surface area contributed by atoms with Gasteiger partial charge in [-0.3, -0.25) is 4.79 Å². The Morgan fingerprint density at radius 3 is 2.67 bits per heavy atom. The fourth-order valence-corrected chi connectivity index (χ4v) is 3.22. The number of benzene rings is 1. The Kier molecular flexibility index (Phi) is 6.24. The number of carbonyl (C=O) groups excluding carboxylic acids is 1. The molecule has 116 valence electrons. The normalized spacial score (nSPS) is 22.0. The molecule has 3 heteroatoms. The molecule has 21 heavy (non-hydrogen) atoms. The topological polar surface area (TPSA) is 55.1 Å². The largest absolute Gasteiger partial charge is 0.352 e. The standard InChI is InChI=1S/C18H28N2O/c1-14-6-8-15(9-7-14)11-13-20-18(21)17-5-3-2-4-16(17)10-12-19/h2-5,14-15H,6-13,19H2,1H3,(H,20,21). The van der Waals surface area contributed by atoms with Gasteiger partial charge in [0.05, 0.1) is 0 Å². The first-order valence-corrected chi connectivity index (χ1v) is 8.27. The maximum atomic E-state index is 12.3. The number of rotatable bonds is 6. The number of hydrogen-bond donors (Lipinski definition) is 2. The second-order valence-electron chi connectivity index (χ2n) is 6.37. The molecule has 0 atom stereocenters. The Morgan fingerprint density at radius 1 is 1.24 bits per heavy atom. The van der Waals surface area contributed by atoms with Crippen LogP contribution in [0.3, 0.4) is 0 Å². The zero-order chi connectivity index (χ0) is 15.1. The van der Waals surface area contributed by atoms with Crippen LogP contribution in [0.1, 0.15) is 54.9 Å². The number of hydrogen-bond acceptors (Lipinski definition) is 2. The van der Waals surface area contributed by atoms with Gasteiger partial charge in [-0.1, -0.05) is 50.8 Å². The molecule has 0 bridgehead atoms. The number of nitrogens with one attached hydrogen (secondary N) is 1. The molecular weight excluding hydrogens is 260 g/mol. The summed E-state index contributed by atoms with van der Waals surface area (Å²) in [7, 11) is 0. The number of nitrogens with two attached hydrogens (primary N) is 1. The summed E-state index contributed by atoms with van der Waals surface area (Å²) in [6.45, 7) is 3.70. The summed E-state index contributed by atoms with van der Waals surface area (Å²) in [5.41, 5.74) is 7.43. The van der Waals surface area contributed by atoms with Crippen LogP contribution in [0.5, 0.6) is 0 Å². The molecule has 0 radical (unpaired) electrons. The highest BCUT2D eigenvalue weighted by Gasteiger charge is 2.18. The summed E-state index contributed by atoms with van der Waals surface area (Å²) < 4.78 is 0. The van der Waals surface area contributed by atoms with Gasteiger partial charge in [-0.15, -0.1) is 0 Å². The molecule has 0 aromatic heterocycles. The average Bonchev–Trinajstić information content (AvgIpc) is 2.50. The van der Waals surface area contributed by atoms with Crippen LogP contribution in [0, 0.1) is 11.8 Å². The lowest BCUT2D eigenvalue weighted by Gasteiger charge is -2.26. The second kappa shape index (κ2) is 8.18. The van der Waals surface area contributed by atoms with Crippen molar-refractivity contribution in [2.24, 2.45) is 17.6 Å². The van der Waals surface area contributed by atoms with Crippen LogP contribution < -0.4 is 11.1 Å². The molecule has 1 fully saturated rings. The SMILES string of the molecule is CC1CCC(CCNC(=O)c2ccccc2CCN)CC1. The van der Waals surface area contributed by atoms with Gasteiger partial charge in [0.1, 0.15) is 0 Å². The molecule has 1 amide bonds. The molecule has 3 N–H and O–H groups in total. The molecular formula is C18H28N2O. The van der Waals surface area contributed by atoms with Crippen LogP contribution in [-0.4, -0.2) is 19.0 Å². The fourth-order valence-electron chi connectivity index (χ4n) is 3.22. The zero-order valence-corrected chi connectivity index (χ0v) is 13.1. The van der Waals surface area contributed by atoms with E-state index in [1.165, 1.54) is 25.7 Å². The van der Waals surface area contributed by atoms with Crippen molar-refractivity contribution in [1.82, 2.24) is 5.32 Å². The fraction of sp³-hybridized carbons (Fsp3) is 0.611. The number of amides is 1. The van der Waals surface area contributed by atoms with Gasteiger partial charge in [0.25, 0.3) is 5.91 Å². The summed E-state index contributed by atoms with van der Waals surface area (Å²) in [5, 5.41) is 3.08. The molecule has 0 spiro atoms. The molecule has 1 aliphatic carbocycles.